The summed E-state index contributed by atoms with van der Waals surface area (Å²) >= 11 is 5.97. The molecule has 0 saturated carbocycles. The predicted octanol–water partition coefficient (Wildman–Crippen LogP) is 3.68. The van der Waals surface area contributed by atoms with E-state index in [1.165, 1.54) is 0 Å². The van der Waals surface area contributed by atoms with Gasteiger partial charge in [-0.15, -0.1) is 0 Å². The maximum absolute atomic E-state index is 12.7. The van der Waals surface area contributed by atoms with Gasteiger partial charge in [-0.1, -0.05) is 35.9 Å². The molecule has 29 heavy (non-hydrogen) atoms. The monoisotopic (exact) mass is 410 g/mol. The Bertz CT molecular complexity index is 1120. The quantitative estimate of drug-likeness (QED) is 0.640. The molecule has 8 heteroatoms. The summed E-state index contributed by atoms with van der Waals surface area (Å²) in [6.07, 6.45) is 1.72. The highest BCUT2D eigenvalue weighted by atomic mass is 35.5. The van der Waals surface area contributed by atoms with E-state index in [1.54, 1.807) is 23.1 Å². The lowest BCUT2D eigenvalue weighted by atomic mass is 9.76. The summed E-state index contributed by atoms with van der Waals surface area (Å²) in [6, 6.07) is 13.0. The van der Waals surface area contributed by atoms with Gasteiger partial charge in [-0.25, -0.2) is 4.79 Å². The van der Waals surface area contributed by atoms with Crippen LogP contribution < -0.4 is 10.6 Å². The van der Waals surface area contributed by atoms with Crippen molar-refractivity contribution in [1.29, 1.82) is 0 Å². The number of oxazole rings is 1. The summed E-state index contributed by atoms with van der Waals surface area (Å²) in [7, 11) is 0. The molecule has 1 aromatic heterocycles. The number of carbonyl (C=O) groups excluding carboxylic acids is 2. The van der Waals surface area contributed by atoms with Crippen LogP contribution in [0.4, 0.5) is 10.8 Å². The molecule has 0 unspecified atom stereocenters. The number of nitrogens with one attached hydrogen (secondary N) is 2. The fraction of sp³-hybridized carbons (Fsp3) is 0.286. The van der Waals surface area contributed by atoms with Crippen molar-refractivity contribution in [3.05, 3.63) is 58.6 Å². The first-order valence-electron chi connectivity index (χ1n) is 9.54. The van der Waals surface area contributed by atoms with Crippen molar-refractivity contribution in [2.45, 2.75) is 24.8 Å². The Kier molecular flexibility index (Phi) is 4.20. The Morgan fingerprint density at radius 1 is 1.21 bits per heavy atom. The van der Waals surface area contributed by atoms with Crippen LogP contribution in [0.25, 0.3) is 11.1 Å². The van der Waals surface area contributed by atoms with Gasteiger partial charge in [0.05, 0.1) is 12.0 Å². The van der Waals surface area contributed by atoms with E-state index in [0.29, 0.717) is 48.5 Å². The van der Waals surface area contributed by atoms with Gasteiger partial charge in [0.2, 0.25) is 5.91 Å². The molecule has 0 bridgehead atoms. The maximum atomic E-state index is 12.7. The Labute approximate surface area is 172 Å². The van der Waals surface area contributed by atoms with Gasteiger partial charge in [-0.05, 0) is 42.2 Å². The normalized spacial score (nSPS) is 17.8. The van der Waals surface area contributed by atoms with Crippen molar-refractivity contribution < 1.29 is 14.0 Å². The first-order valence-corrected chi connectivity index (χ1v) is 9.92. The van der Waals surface area contributed by atoms with Crippen molar-refractivity contribution in [3.8, 4) is 0 Å². The zero-order valence-electron chi connectivity index (χ0n) is 15.6. The van der Waals surface area contributed by atoms with Gasteiger partial charge in [0.1, 0.15) is 5.52 Å². The molecule has 2 N–H and O–H groups in total. The van der Waals surface area contributed by atoms with Gasteiger partial charge in [-0.3, -0.25) is 10.1 Å². The van der Waals surface area contributed by atoms with E-state index >= 15 is 0 Å². The molecule has 1 saturated heterocycles. The van der Waals surface area contributed by atoms with E-state index in [2.05, 4.69) is 21.7 Å². The van der Waals surface area contributed by atoms with Crippen LogP contribution in [0.1, 0.15) is 24.0 Å². The number of likely N-dealkylation sites (tertiary alicyclic amines) is 1. The molecule has 2 aromatic carbocycles. The summed E-state index contributed by atoms with van der Waals surface area (Å²) in [5.74, 6) is 0.0340. The molecule has 0 aliphatic carbocycles. The fourth-order valence-electron chi connectivity index (χ4n) is 4.30. The number of fused-ring (bicyclic) bond motifs is 3. The second-order valence-corrected chi connectivity index (χ2v) is 7.95. The minimum Gasteiger partial charge on any atom is -0.423 e. The van der Waals surface area contributed by atoms with E-state index in [0.717, 1.165) is 11.1 Å². The number of nitrogens with zero attached hydrogens (tertiary/aromatic N) is 2. The number of carbonyl (C=O) groups is 2. The fourth-order valence-corrected chi connectivity index (χ4v) is 4.47. The third kappa shape index (κ3) is 3.21. The molecule has 2 aliphatic heterocycles. The average molecular weight is 411 g/mol. The van der Waals surface area contributed by atoms with Gasteiger partial charge in [0.25, 0.3) is 0 Å². The van der Waals surface area contributed by atoms with Crippen LogP contribution in [-0.4, -0.2) is 34.9 Å². The Hall–Kier alpha value is -3.06. The van der Waals surface area contributed by atoms with Gasteiger partial charge in [0, 0.05) is 18.1 Å². The van der Waals surface area contributed by atoms with E-state index in [9.17, 15) is 9.59 Å². The molecule has 0 atom stereocenters. The van der Waals surface area contributed by atoms with E-state index in [-0.39, 0.29) is 18.0 Å². The van der Waals surface area contributed by atoms with Crippen LogP contribution in [0, 0.1) is 0 Å². The molecule has 3 amide bonds. The van der Waals surface area contributed by atoms with Gasteiger partial charge < -0.3 is 14.6 Å². The summed E-state index contributed by atoms with van der Waals surface area (Å²) in [4.78, 5) is 30.9. The number of anilines is 1. The average Bonchev–Trinajstić information content (AvgIpc) is 3.09. The molecule has 1 fully saturated rings. The van der Waals surface area contributed by atoms with Gasteiger partial charge in [0.15, 0.2) is 5.58 Å². The summed E-state index contributed by atoms with van der Waals surface area (Å²) in [5.41, 5.74) is 2.97. The van der Waals surface area contributed by atoms with E-state index < -0.39 is 5.54 Å². The third-order valence-electron chi connectivity index (χ3n) is 5.73. The predicted molar refractivity (Wildman–Crippen MR) is 109 cm³/mol. The minimum absolute atomic E-state index is 0.0340. The number of benzene rings is 2. The van der Waals surface area contributed by atoms with E-state index in [1.807, 2.05) is 18.2 Å². The second kappa shape index (κ2) is 6.77. The summed E-state index contributed by atoms with van der Waals surface area (Å²) in [5, 5.41) is 6.45. The highest BCUT2D eigenvalue weighted by molar-refractivity contribution is 6.31. The molecule has 3 heterocycles. The Morgan fingerprint density at radius 2 is 2.00 bits per heavy atom. The number of hydrogen-bond acceptors (Lipinski definition) is 4. The molecular weight excluding hydrogens is 392 g/mol. The highest BCUT2D eigenvalue weighted by Gasteiger charge is 2.42. The lowest BCUT2D eigenvalue weighted by Gasteiger charge is -2.45. The van der Waals surface area contributed by atoms with Crippen LogP contribution in [0.5, 0.6) is 0 Å². The SMILES string of the molecule is O=C1Cc2ccccc2C2(CCN(C(=O)Nc3nc4cc(Cl)ccc4o3)CC2)N1. The number of halogens is 1. The highest BCUT2D eigenvalue weighted by Crippen LogP contribution is 2.38. The van der Waals surface area contributed by atoms with Gasteiger partial charge >= 0.3 is 12.0 Å². The van der Waals surface area contributed by atoms with Crippen molar-refractivity contribution >= 4 is 40.7 Å². The van der Waals surface area contributed by atoms with Crippen LogP contribution in [-0.2, 0) is 16.8 Å². The number of hydrogen-bond donors (Lipinski definition) is 2. The topological polar surface area (TPSA) is 87.5 Å². The smallest absolute Gasteiger partial charge is 0.325 e. The van der Waals surface area contributed by atoms with Crippen molar-refractivity contribution in [2.24, 2.45) is 0 Å². The van der Waals surface area contributed by atoms with Gasteiger partial charge in [-0.2, -0.15) is 4.98 Å². The Morgan fingerprint density at radius 3 is 2.83 bits per heavy atom. The summed E-state index contributed by atoms with van der Waals surface area (Å²) < 4.78 is 5.57. The largest absolute Gasteiger partial charge is 0.423 e. The minimum atomic E-state index is -0.406. The third-order valence-corrected chi connectivity index (χ3v) is 5.97. The first kappa shape index (κ1) is 18.0. The molecule has 2 aliphatic rings. The zero-order chi connectivity index (χ0) is 20.0. The lowest BCUT2D eigenvalue weighted by molar-refractivity contribution is -0.123. The number of amides is 3. The van der Waals surface area contributed by atoms with Crippen LogP contribution in [0.2, 0.25) is 5.02 Å². The van der Waals surface area contributed by atoms with E-state index in [4.69, 9.17) is 16.0 Å². The van der Waals surface area contributed by atoms with Crippen molar-refractivity contribution in [2.75, 3.05) is 18.4 Å². The number of urea groups is 1. The maximum Gasteiger partial charge on any atom is 0.325 e. The molecule has 1 spiro atoms. The lowest BCUT2D eigenvalue weighted by Crippen LogP contribution is -2.57. The molecule has 5 rings (SSSR count). The number of rotatable bonds is 1. The standard InChI is InChI=1S/C21H19ClN4O3/c22-14-5-6-17-16(12-14)23-19(29-17)24-20(28)26-9-7-21(8-10-26)15-4-2-1-3-13(15)11-18(27)25-21/h1-6,12H,7-11H2,(H,25,27)(H,23,24,28). The second-order valence-electron chi connectivity index (χ2n) is 7.51. The molecular formula is C21H19ClN4O3. The first-order chi connectivity index (χ1) is 14.0. The van der Waals surface area contributed by atoms with Crippen LogP contribution in [0.3, 0.4) is 0 Å². The van der Waals surface area contributed by atoms with Crippen molar-refractivity contribution in [1.82, 2.24) is 15.2 Å². The number of aromatic nitrogens is 1. The van der Waals surface area contributed by atoms with Crippen molar-refractivity contribution in [3.63, 3.8) is 0 Å². The Balaban J connectivity index is 1.30. The molecule has 3 aromatic rings. The van der Waals surface area contributed by atoms with Crippen LogP contribution in [0.15, 0.2) is 46.9 Å². The molecule has 7 nitrogen and oxygen atoms in total. The zero-order valence-corrected chi connectivity index (χ0v) is 16.3. The van der Waals surface area contributed by atoms with Crippen LogP contribution >= 0.6 is 11.6 Å². The summed E-state index contributed by atoms with van der Waals surface area (Å²) in [6.45, 7) is 1.04. The number of piperidine rings is 1. The molecule has 0 radical (unpaired) electrons. The molecule has 148 valence electrons.